The fraction of sp³-hybridized carbons (Fsp3) is 0.800. The van der Waals surface area contributed by atoms with Crippen molar-refractivity contribution in [3.63, 3.8) is 0 Å². The van der Waals surface area contributed by atoms with E-state index in [0.29, 0.717) is 31.3 Å². The molecule has 39 heavy (non-hydrogen) atoms. The molecule has 0 aromatic heterocycles. The van der Waals surface area contributed by atoms with Crippen LogP contribution in [-0.4, -0.2) is 65.2 Å². The van der Waals surface area contributed by atoms with E-state index < -0.39 is 57.8 Å². The Balaban J connectivity index is 1.78. The van der Waals surface area contributed by atoms with Crippen LogP contribution >= 0.6 is 11.8 Å². The number of carbonyl (C=O) groups excluding carboxylic acids is 2. The molecule has 3 saturated carbocycles. The highest BCUT2D eigenvalue weighted by Gasteiger charge is 2.77. The normalized spacial score (nSPS) is 43.6. The number of hydrogen-bond acceptors (Lipinski definition) is 6. The number of allylic oxidation sites excluding steroid dienone is 4. The molecule has 5 nitrogen and oxygen atoms in total. The minimum atomic E-state index is -2.24. The number of nitrogens with zero attached hydrogens (tertiary/aromatic N) is 1. The molecule has 0 spiro atoms. The summed E-state index contributed by atoms with van der Waals surface area (Å²) in [5.74, 6) is -2.28. The van der Waals surface area contributed by atoms with E-state index in [2.05, 4.69) is 20.8 Å². The van der Waals surface area contributed by atoms with Gasteiger partial charge in [-0.05, 0) is 72.5 Å². The summed E-state index contributed by atoms with van der Waals surface area (Å²) in [6.45, 7) is 12.8. The van der Waals surface area contributed by atoms with Gasteiger partial charge in [-0.1, -0.05) is 52.5 Å². The second-order valence-corrected chi connectivity index (χ2v) is 14.9. The van der Waals surface area contributed by atoms with E-state index in [9.17, 15) is 19.1 Å². The molecule has 4 aliphatic carbocycles. The highest BCUT2D eigenvalue weighted by atomic mass is 32.2. The van der Waals surface area contributed by atoms with Crippen LogP contribution in [0.5, 0.6) is 0 Å². The van der Waals surface area contributed by atoms with Crippen molar-refractivity contribution in [1.29, 1.82) is 0 Å². The zero-order valence-electron chi connectivity index (χ0n) is 24.2. The van der Waals surface area contributed by atoms with Crippen molar-refractivity contribution in [1.82, 2.24) is 5.06 Å². The highest BCUT2D eigenvalue weighted by Crippen LogP contribution is 2.75. The fourth-order valence-electron chi connectivity index (χ4n) is 8.60. The van der Waals surface area contributed by atoms with Crippen molar-refractivity contribution < 1.29 is 32.7 Å². The summed E-state index contributed by atoms with van der Waals surface area (Å²) in [5.41, 5.74) is -5.38. The molecule has 0 aromatic rings. The van der Waals surface area contributed by atoms with Gasteiger partial charge in [-0.3, -0.25) is 9.59 Å². The quantitative estimate of drug-likeness (QED) is 0.377. The van der Waals surface area contributed by atoms with Crippen molar-refractivity contribution in [2.45, 2.75) is 85.2 Å². The number of ketones is 1. The molecule has 0 radical (unpaired) electrons. The molecule has 4 rings (SSSR count). The Morgan fingerprint density at radius 2 is 1.90 bits per heavy atom. The maximum atomic E-state index is 17.7. The molecule has 0 aromatic carbocycles. The number of thioether (sulfide) groups is 1. The van der Waals surface area contributed by atoms with Crippen molar-refractivity contribution in [2.24, 2.45) is 39.4 Å². The summed E-state index contributed by atoms with van der Waals surface area (Å²) in [4.78, 5) is 31.3. The maximum Gasteiger partial charge on any atom is 0.195 e. The molecular formula is C30H44F3NO4S. The van der Waals surface area contributed by atoms with Gasteiger partial charge < -0.3 is 9.94 Å². The van der Waals surface area contributed by atoms with E-state index in [1.54, 1.807) is 14.0 Å². The highest BCUT2D eigenvalue weighted by molar-refractivity contribution is 8.13. The SMILES string of the molecule is CON(CCC(C)(C)C)C[C@@H]1C[C@@]2(C)[C@@H]3C[C@H](F)C4=CC(=O)C=C[C@]4(C)[C@@]3(F)[C@@H](O)C[C@]2(C)[C@H]1C(=O)SCF. The zero-order valence-corrected chi connectivity index (χ0v) is 25.0. The number of carbonyl (C=O) groups is 2. The molecule has 0 bridgehead atoms. The average molecular weight is 572 g/mol. The van der Waals surface area contributed by atoms with E-state index in [4.69, 9.17) is 4.84 Å². The van der Waals surface area contributed by atoms with Gasteiger partial charge in [-0.15, -0.1) is 0 Å². The third-order valence-corrected chi connectivity index (χ3v) is 11.5. The number of alkyl halides is 3. The van der Waals surface area contributed by atoms with Crippen LogP contribution in [0, 0.1) is 39.4 Å². The molecule has 1 N–H and O–H groups in total. The number of aliphatic hydroxyl groups excluding tert-OH is 1. The second kappa shape index (κ2) is 10.3. The van der Waals surface area contributed by atoms with Crippen LogP contribution in [0.4, 0.5) is 13.2 Å². The first-order valence-corrected chi connectivity index (χ1v) is 14.9. The van der Waals surface area contributed by atoms with E-state index in [-0.39, 0.29) is 34.9 Å². The molecular weight excluding hydrogens is 527 g/mol. The second-order valence-electron chi connectivity index (χ2n) is 14.0. The van der Waals surface area contributed by atoms with Gasteiger partial charge in [0.1, 0.15) is 12.2 Å². The molecule has 0 unspecified atom stereocenters. The monoisotopic (exact) mass is 571 g/mol. The standard InChI is InChI=1S/C30H44F3NO4S/c1-26(2,3)10-11-34(38-7)16-18-14-28(5)22-13-21(32)20-12-19(35)8-9-27(20,4)30(22,33)23(36)15-29(28,6)24(18)25(37)39-17-31/h8-9,12,18,21-24,36H,10-11,13-17H2,1-7H3/t18-,21-,22-,23-,24+,27-,28-,29+,30-/m0/s1. The van der Waals surface area contributed by atoms with E-state index in [1.165, 1.54) is 18.2 Å². The summed E-state index contributed by atoms with van der Waals surface area (Å²) < 4.78 is 47.0. The molecule has 220 valence electrons. The maximum absolute atomic E-state index is 17.7. The van der Waals surface area contributed by atoms with Crippen LogP contribution in [0.2, 0.25) is 0 Å². The van der Waals surface area contributed by atoms with E-state index >= 15 is 8.78 Å². The van der Waals surface area contributed by atoms with Gasteiger partial charge in [-0.25, -0.2) is 13.2 Å². The fourth-order valence-corrected chi connectivity index (χ4v) is 9.34. The molecule has 0 aliphatic heterocycles. The number of fused-ring (bicyclic) bond motifs is 5. The lowest BCUT2D eigenvalue weighted by Gasteiger charge is -2.66. The molecule has 0 saturated heterocycles. The third kappa shape index (κ3) is 4.67. The number of hydrogen-bond donors (Lipinski definition) is 1. The smallest absolute Gasteiger partial charge is 0.195 e. The van der Waals surface area contributed by atoms with Crippen LogP contribution in [0.1, 0.15) is 67.2 Å². The minimum Gasteiger partial charge on any atom is -0.390 e. The van der Waals surface area contributed by atoms with Crippen LogP contribution in [0.15, 0.2) is 23.8 Å². The zero-order chi connectivity index (χ0) is 29.2. The number of aliphatic hydroxyl groups is 1. The Morgan fingerprint density at radius 3 is 2.49 bits per heavy atom. The van der Waals surface area contributed by atoms with Gasteiger partial charge in [0.2, 0.25) is 0 Å². The van der Waals surface area contributed by atoms with E-state index in [1.807, 2.05) is 18.9 Å². The lowest BCUT2D eigenvalue weighted by Crippen LogP contribution is -2.71. The first kappa shape index (κ1) is 30.8. The van der Waals surface area contributed by atoms with Gasteiger partial charge in [-0.2, -0.15) is 5.06 Å². The molecule has 0 heterocycles. The van der Waals surface area contributed by atoms with Crippen LogP contribution < -0.4 is 0 Å². The van der Waals surface area contributed by atoms with Crippen molar-refractivity contribution in [3.05, 3.63) is 23.8 Å². The number of hydroxylamine groups is 2. The predicted molar refractivity (Wildman–Crippen MR) is 147 cm³/mol. The third-order valence-electron chi connectivity index (χ3n) is 10.8. The first-order valence-electron chi connectivity index (χ1n) is 14.0. The average Bonchev–Trinajstić information content (AvgIpc) is 3.06. The lowest BCUT2D eigenvalue weighted by atomic mass is 9.40. The summed E-state index contributed by atoms with van der Waals surface area (Å²) in [5, 5.41) is 13.1. The van der Waals surface area contributed by atoms with E-state index in [0.717, 1.165) is 6.42 Å². The predicted octanol–water partition coefficient (Wildman–Crippen LogP) is 6.02. The van der Waals surface area contributed by atoms with Crippen LogP contribution in [0.25, 0.3) is 0 Å². The summed E-state index contributed by atoms with van der Waals surface area (Å²) in [7, 11) is 1.58. The minimum absolute atomic E-state index is 0.0210. The van der Waals surface area contributed by atoms with Crippen molar-refractivity contribution in [3.8, 4) is 0 Å². The van der Waals surface area contributed by atoms with Gasteiger partial charge in [0.15, 0.2) is 16.6 Å². The first-order chi connectivity index (χ1) is 18.0. The Kier molecular flexibility index (Phi) is 8.12. The molecule has 4 aliphatic rings. The summed E-state index contributed by atoms with van der Waals surface area (Å²) in [6, 6.07) is -0.872. The van der Waals surface area contributed by atoms with Crippen LogP contribution in [-0.2, 0) is 14.4 Å². The molecule has 9 heteroatoms. The summed E-state index contributed by atoms with van der Waals surface area (Å²) in [6.07, 6.45) is 1.85. The van der Waals surface area contributed by atoms with Crippen molar-refractivity contribution in [2.75, 3.05) is 26.2 Å². The Labute approximate surface area is 234 Å². The lowest BCUT2D eigenvalue weighted by molar-refractivity contribution is -0.231. The topological polar surface area (TPSA) is 66.8 Å². The van der Waals surface area contributed by atoms with Gasteiger partial charge in [0.25, 0.3) is 0 Å². The van der Waals surface area contributed by atoms with Gasteiger partial charge in [0.05, 0.1) is 13.2 Å². The molecule has 9 atom stereocenters. The largest absolute Gasteiger partial charge is 0.390 e. The van der Waals surface area contributed by atoms with Gasteiger partial charge in [0, 0.05) is 30.3 Å². The summed E-state index contributed by atoms with van der Waals surface area (Å²) >= 11 is 0.613. The number of halogens is 3. The Bertz CT molecular complexity index is 1060. The van der Waals surface area contributed by atoms with Gasteiger partial charge >= 0.3 is 0 Å². The Morgan fingerprint density at radius 1 is 1.23 bits per heavy atom. The molecule has 3 fully saturated rings. The van der Waals surface area contributed by atoms with Crippen molar-refractivity contribution >= 4 is 22.7 Å². The molecule has 0 amide bonds. The Hall–Kier alpha value is -1.16. The van der Waals surface area contributed by atoms with Crippen LogP contribution in [0.3, 0.4) is 0 Å². The number of rotatable bonds is 7.